The van der Waals surface area contributed by atoms with Crippen molar-refractivity contribution < 1.29 is 28.5 Å². The number of thiophene rings is 1. The molecular weight excluding hydrogens is 554 g/mol. The lowest BCUT2D eigenvalue weighted by atomic mass is 10.0. The van der Waals surface area contributed by atoms with E-state index in [1.165, 1.54) is 11.3 Å². The zero-order valence-electron chi connectivity index (χ0n) is 22.6. The average molecular weight is 588 g/mol. The number of amides is 2. The van der Waals surface area contributed by atoms with Gasteiger partial charge in [0.1, 0.15) is 10.5 Å². The van der Waals surface area contributed by atoms with Gasteiger partial charge < -0.3 is 34.1 Å². The second kappa shape index (κ2) is 11.4. The molecule has 1 aliphatic carbocycles. The number of ether oxygens (including phenoxy) is 4. The molecule has 2 aromatic heterocycles. The first-order valence-corrected chi connectivity index (χ1v) is 15.0. The van der Waals surface area contributed by atoms with Crippen LogP contribution in [0.15, 0.2) is 36.4 Å². The summed E-state index contributed by atoms with van der Waals surface area (Å²) in [5.41, 5.74) is 2.56. The Hall–Kier alpha value is -2.47. The lowest BCUT2D eigenvalue weighted by molar-refractivity contribution is -0.173. The standard InChI is InChI=1S/C29H34ClN3O6S/c1-29(2)38-16-22(39-29)28(35)33(10-12-37-24-9-5-6-11-36-24)25-19-8-4-3-7-17(19)13-20(25)31-26(34)21-14-18-15-23(30)40-27(18)32-21/h3-4,7-8,14-15,20,22,24-25,32H,5-6,9-13,16H2,1-2H3,(H,31,34)/t20-,22+,24?,25+/m1/s1. The smallest absolute Gasteiger partial charge is 0.268 e. The van der Waals surface area contributed by atoms with E-state index in [1.807, 2.05) is 24.3 Å². The van der Waals surface area contributed by atoms with Gasteiger partial charge in [-0.2, -0.15) is 0 Å². The van der Waals surface area contributed by atoms with Crippen LogP contribution in [0.2, 0.25) is 4.34 Å². The van der Waals surface area contributed by atoms with E-state index in [4.69, 9.17) is 30.5 Å². The molecule has 214 valence electrons. The number of H-pyrrole nitrogens is 1. The fraction of sp³-hybridized carbons (Fsp3) is 0.517. The van der Waals surface area contributed by atoms with Gasteiger partial charge in [0.05, 0.1) is 29.6 Å². The van der Waals surface area contributed by atoms with Gasteiger partial charge in [-0.1, -0.05) is 35.9 Å². The number of halogens is 1. The van der Waals surface area contributed by atoms with E-state index in [-0.39, 0.29) is 30.8 Å². The maximum Gasteiger partial charge on any atom is 0.268 e. The molecule has 0 saturated carbocycles. The molecule has 0 radical (unpaired) electrons. The van der Waals surface area contributed by atoms with Crippen molar-refractivity contribution in [1.29, 1.82) is 0 Å². The number of carbonyl (C=O) groups is 2. The van der Waals surface area contributed by atoms with Crippen LogP contribution in [0.25, 0.3) is 10.2 Å². The van der Waals surface area contributed by atoms with Crippen molar-refractivity contribution >= 4 is 45.0 Å². The van der Waals surface area contributed by atoms with E-state index in [2.05, 4.69) is 16.4 Å². The summed E-state index contributed by atoms with van der Waals surface area (Å²) in [6.45, 7) is 5.08. The predicted octanol–water partition coefficient (Wildman–Crippen LogP) is 4.80. The summed E-state index contributed by atoms with van der Waals surface area (Å²) in [5.74, 6) is -1.26. The molecule has 2 saturated heterocycles. The van der Waals surface area contributed by atoms with Gasteiger partial charge in [-0.25, -0.2) is 0 Å². The zero-order valence-corrected chi connectivity index (χ0v) is 24.2. The van der Waals surface area contributed by atoms with Gasteiger partial charge in [-0.3, -0.25) is 9.59 Å². The molecule has 2 aliphatic heterocycles. The van der Waals surface area contributed by atoms with Gasteiger partial charge in [0.15, 0.2) is 18.2 Å². The van der Waals surface area contributed by atoms with Crippen LogP contribution >= 0.6 is 22.9 Å². The van der Waals surface area contributed by atoms with E-state index in [0.717, 1.165) is 40.6 Å². The van der Waals surface area contributed by atoms with Gasteiger partial charge in [0.25, 0.3) is 11.8 Å². The van der Waals surface area contributed by atoms with Crippen LogP contribution in [0.4, 0.5) is 0 Å². The number of hydrogen-bond donors (Lipinski definition) is 2. The third-order valence-electron chi connectivity index (χ3n) is 7.71. The Morgan fingerprint density at radius 2 is 2.10 bits per heavy atom. The lowest BCUT2D eigenvalue weighted by Crippen LogP contribution is -2.51. The number of aromatic amines is 1. The molecule has 0 spiro atoms. The Kier molecular flexibility index (Phi) is 7.91. The van der Waals surface area contributed by atoms with Crippen LogP contribution in [0, 0.1) is 0 Å². The molecule has 0 bridgehead atoms. The Balaban J connectivity index is 1.26. The molecule has 6 rings (SSSR count). The molecule has 4 heterocycles. The highest BCUT2D eigenvalue weighted by Crippen LogP contribution is 2.38. The molecule has 2 amide bonds. The van der Waals surface area contributed by atoms with Crippen molar-refractivity contribution in [3.05, 3.63) is 57.6 Å². The van der Waals surface area contributed by atoms with Gasteiger partial charge in [-0.05, 0) is 62.8 Å². The Labute approximate surface area is 242 Å². The number of hydrogen-bond acceptors (Lipinski definition) is 7. The predicted molar refractivity (Wildman–Crippen MR) is 151 cm³/mol. The minimum Gasteiger partial charge on any atom is -0.353 e. The van der Waals surface area contributed by atoms with Gasteiger partial charge in [0, 0.05) is 18.5 Å². The van der Waals surface area contributed by atoms with E-state index < -0.39 is 17.9 Å². The third-order valence-corrected chi connectivity index (χ3v) is 8.91. The summed E-state index contributed by atoms with van der Waals surface area (Å²) in [7, 11) is 0. The molecule has 11 heteroatoms. The highest BCUT2D eigenvalue weighted by molar-refractivity contribution is 7.22. The number of rotatable bonds is 8. The number of aromatic nitrogens is 1. The summed E-state index contributed by atoms with van der Waals surface area (Å²) < 4.78 is 24.2. The molecule has 40 heavy (non-hydrogen) atoms. The van der Waals surface area contributed by atoms with E-state index >= 15 is 0 Å². The van der Waals surface area contributed by atoms with Crippen molar-refractivity contribution in [2.75, 3.05) is 26.4 Å². The Morgan fingerprint density at radius 1 is 1.25 bits per heavy atom. The molecule has 3 aliphatic rings. The first-order valence-electron chi connectivity index (χ1n) is 13.8. The van der Waals surface area contributed by atoms with Gasteiger partial charge >= 0.3 is 0 Å². The second-order valence-corrected chi connectivity index (χ2v) is 12.6. The third kappa shape index (κ3) is 5.79. The van der Waals surface area contributed by atoms with Crippen molar-refractivity contribution in [3.63, 3.8) is 0 Å². The van der Waals surface area contributed by atoms with E-state index in [1.54, 1.807) is 24.8 Å². The number of nitrogens with one attached hydrogen (secondary N) is 2. The van der Waals surface area contributed by atoms with Crippen molar-refractivity contribution in [3.8, 4) is 0 Å². The van der Waals surface area contributed by atoms with Crippen LogP contribution in [0.1, 0.15) is 60.8 Å². The highest BCUT2D eigenvalue weighted by atomic mass is 35.5. The molecule has 3 aromatic rings. The monoisotopic (exact) mass is 587 g/mol. The topological polar surface area (TPSA) is 102 Å². The van der Waals surface area contributed by atoms with Gasteiger partial charge in [-0.15, -0.1) is 11.3 Å². The van der Waals surface area contributed by atoms with Crippen molar-refractivity contribution in [2.24, 2.45) is 0 Å². The molecule has 1 aromatic carbocycles. The summed E-state index contributed by atoms with van der Waals surface area (Å²) >= 11 is 7.51. The molecule has 4 atom stereocenters. The second-order valence-electron chi connectivity index (χ2n) is 11.0. The fourth-order valence-electron chi connectivity index (χ4n) is 5.86. The Bertz CT molecular complexity index is 1350. The molecule has 9 nitrogen and oxygen atoms in total. The van der Waals surface area contributed by atoms with Crippen LogP contribution in [-0.4, -0.2) is 72.3 Å². The number of nitrogens with zero attached hydrogens (tertiary/aromatic N) is 1. The molecular formula is C29H34ClN3O6S. The number of fused-ring (bicyclic) bond motifs is 2. The van der Waals surface area contributed by atoms with Gasteiger partial charge in [0.2, 0.25) is 0 Å². The van der Waals surface area contributed by atoms with Crippen LogP contribution in [0.3, 0.4) is 0 Å². The van der Waals surface area contributed by atoms with Crippen molar-refractivity contribution in [1.82, 2.24) is 15.2 Å². The van der Waals surface area contributed by atoms with Crippen LogP contribution < -0.4 is 5.32 Å². The SMILES string of the molecule is CC1(C)OC[C@@H](C(=O)N(CCOC2CCCCO2)[C@H]2c3ccccc3C[C@H]2NC(=O)c2cc3cc(Cl)sc3[nH]2)O1. The first-order chi connectivity index (χ1) is 19.3. The minimum absolute atomic E-state index is 0.169. The van der Waals surface area contributed by atoms with E-state index in [0.29, 0.717) is 36.2 Å². The average Bonchev–Trinajstić information content (AvgIpc) is 3.68. The minimum atomic E-state index is -0.844. The first kappa shape index (κ1) is 27.7. The van der Waals surface area contributed by atoms with Crippen LogP contribution in [-0.2, 0) is 30.2 Å². The molecule has 2 N–H and O–H groups in total. The summed E-state index contributed by atoms with van der Waals surface area (Å²) in [4.78, 5) is 33.3. The Morgan fingerprint density at radius 3 is 2.85 bits per heavy atom. The largest absolute Gasteiger partial charge is 0.353 e. The summed E-state index contributed by atoms with van der Waals surface area (Å²) in [5, 5.41) is 4.10. The molecule has 2 fully saturated rings. The molecule has 1 unspecified atom stereocenters. The van der Waals surface area contributed by atoms with E-state index in [9.17, 15) is 9.59 Å². The normalized spacial score (nSPS) is 25.7. The summed E-state index contributed by atoms with van der Waals surface area (Å²) in [6.07, 6.45) is 2.51. The fourth-order valence-corrected chi connectivity index (χ4v) is 6.98. The highest BCUT2D eigenvalue weighted by Gasteiger charge is 2.45. The lowest BCUT2D eigenvalue weighted by Gasteiger charge is -2.36. The van der Waals surface area contributed by atoms with Crippen molar-refractivity contribution in [2.45, 2.75) is 69.8 Å². The number of benzene rings is 1. The quantitative estimate of drug-likeness (QED) is 0.392. The maximum atomic E-state index is 14.0. The zero-order chi connectivity index (χ0) is 27.9. The summed E-state index contributed by atoms with van der Waals surface area (Å²) in [6, 6.07) is 10.9. The maximum absolute atomic E-state index is 14.0. The van der Waals surface area contributed by atoms with Crippen LogP contribution in [0.5, 0.6) is 0 Å². The number of carbonyl (C=O) groups excluding carboxylic acids is 2.